The van der Waals surface area contributed by atoms with Gasteiger partial charge in [-0.2, -0.15) is 0 Å². The highest BCUT2D eigenvalue weighted by Gasteiger charge is 2.22. The Kier molecular flexibility index (Phi) is 10.5. The summed E-state index contributed by atoms with van der Waals surface area (Å²) in [5.74, 6) is 1.07. The Morgan fingerprint density at radius 2 is 1.57 bits per heavy atom. The maximum absolute atomic E-state index is 11.5. The minimum absolute atomic E-state index is 0.106. The summed E-state index contributed by atoms with van der Waals surface area (Å²) in [6.07, 6.45) is 1.64. The number of hydrogen-bond acceptors (Lipinski definition) is 8. The molecule has 0 saturated carbocycles. The smallest absolute Gasteiger partial charge is 0.175 e. The van der Waals surface area contributed by atoms with Crippen LogP contribution in [0.4, 0.5) is 0 Å². The monoisotopic (exact) mass is 546 g/mol. The fourth-order valence-electron chi connectivity index (χ4n) is 3.77. The highest BCUT2D eigenvalue weighted by Crippen LogP contribution is 2.26. The van der Waals surface area contributed by atoms with Gasteiger partial charge in [-0.15, -0.1) is 0 Å². The van der Waals surface area contributed by atoms with Crippen molar-refractivity contribution < 1.29 is 28.1 Å². The van der Waals surface area contributed by atoms with E-state index in [1.54, 1.807) is 30.3 Å². The average molecular weight is 548 g/mol. The van der Waals surface area contributed by atoms with Gasteiger partial charge in [0.2, 0.25) is 0 Å². The first-order chi connectivity index (χ1) is 16.6. The zero-order chi connectivity index (χ0) is 25.4. The third-order valence-electron chi connectivity index (χ3n) is 5.73. The summed E-state index contributed by atoms with van der Waals surface area (Å²) in [6.45, 7) is 2.85. The summed E-state index contributed by atoms with van der Waals surface area (Å²) in [4.78, 5) is 2.42. The first-order valence-corrected chi connectivity index (χ1v) is 14.1. The Morgan fingerprint density at radius 1 is 0.971 bits per heavy atom. The molecular weight excluding hydrogens is 515 g/mol. The molecule has 0 radical (unpaired) electrons. The lowest BCUT2D eigenvalue weighted by Gasteiger charge is -2.33. The number of halogens is 2. The number of sulfone groups is 1. The third kappa shape index (κ3) is 9.42. The molecule has 35 heavy (non-hydrogen) atoms. The van der Waals surface area contributed by atoms with E-state index in [0.29, 0.717) is 34.6 Å². The number of hydrogen-bond donors (Lipinski definition) is 3. The number of aliphatic hydroxyl groups is 2. The number of nitrogens with one attached hydrogen (secondary N) is 1. The Labute approximate surface area is 216 Å². The zero-order valence-electron chi connectivity index (χ0n) is 19.6. The maximum atomic E-state index is 11.5. The van der Waals surface area contributed by atoms with Crippen molar-refractivity contribution in [1.29, 1.82) is 0 Å². The molecule has 1 fully saturated rings. The van der Waals surface area contributed by atoms with Crippen LogP contribution in [0.25, 0.3) is 0 Å². The molecule has 0 amide bonds. The minimum atomic E-state index is -3.25. The van der Waals surface area contributed by atoms with E-state index in [9.17, 15) is 18.6 Å². The van der Waals surface area contributed by atoms with Crippen molar-refractivity contribution in [2.75, 3.05) is 45.6 Å². The lowest BCUT2D eigenvalue weighted by Crippen LogP contribution is -2.47. The number of rotatable bonds is 12. The van der Waals surface area contributed by atoms with Crippen LogP contribution in [-0.4, -0.2) is 87.4 Å². The molecule has 0 spiro atoms. The lowest BCUT2D eigenvalue weighted by molar-refractivity contribution is 0.0556. The summed E-state index contributed by atoms with van der Waals surface area (Å²) in [5.41, 5.74) is 0. The van der Waals surface area contributed by atoms with Crippen LogP contribution >= 0.6 is 23.2 Å². The van der Waals surface area contributed by atoms with E-state index >= 15 is 0 Å². The van der Waals surface area contributed by atoms with Crippen LogP contribution in [0, 0.1) is 0 Å². The number of likely N-dealkylation sites (tertiary alicyclic amines) is 1. The minimum Gasteiger partial charge on any atom is -0.491 e. The van der Waals surface area contributed by atoms with Crippen molar-refractivity contribution in [3.63, 3.8) is 0 Å². The molecule has 1 heterocycles. The number of ether oxygens (including phenoxy) is 2. The van der Waals surface area contributed by atoms with Crippen molar-refractivity contribution in [2.24, 2.45) is 0 Å². The SMILES string of the molecule is CS(=O)(=O)c1ccc(OC[C@@H](O)CNC2CCN(C[C@@H](O)COc3ccc(Cl)c(Cl)c3)CC2)cc1. The molecule has 0 aliphatic carbocycles. The van der Waals surface area contributed by atoms with Gasteiger partial charge in [-0.05, 0) is 62.3 Å². The van der Waals surface area contributed by atoms with Gasteiger partial charge in [-0.1, -0.05) is 23.2 Å². The number of benzene rings is 2. The van der Waals surface area contributed by atoms with E-state index in [0.717, 1.165) is 32.2 Å². The average Bonchev–Trinajstić information content (AvgIpc) is 2.83. The molecule has 1 saturated heterocycles. The van der Waals surface area contributed by atoms with Crippen molar-refractivity contribution in [1.82, 2.24) is 10.2 Å². The predicted octanol–water partition coefficient (Wildman–Crippen LogP) is 2.63. The van der Waals surface area contributed by atoms with Gasteiger partial charge in [0.15, 0.2) is 9.84 Å². The van der Waals surface area contributed by atoms with Crippen molar-refractivity contribution in [2.45, 2.75) is 36.0 Å². The highest BCUT2D eigenvalue weighted by molar-refractivity contribution is 7.90. The quantitative estimate of drug-likeness (QED) is 0.372. The second-order valence-electron chi connectivity index (χ2n) is 8.73. The molecular formula is C24H32Cl2N2O6S. The molecule has 1 aliphatic rings. The van der Waals surface area contributed by atoms with Crippen LogP contribution in [-0.2, 0) is 9.84 Å². The lowest BCUT2D eigenvalue weighted by atomic mass is 10.0. The number of β-amino-alcohol motifs (C(OH)–C–C–N with tert-alkyl or cyclic N) is 1. The molecule has 2 aromatic rings. The van der Waals surface area contributed by atoms with Crippen molar-refractivity contribution >= 4 is 33.0 Å². The normalized spacial score (nSPS) is 17.2. The Balaban J connectivity index is 1.29. The van der Waals surface area contributed by atoms with E-state index in [2.05, 4.69) is 10.2 Å². The van der Waals surface area contributed by atoms with Crippen LogP contribution in [0.3, 0.4) is 0 Å². The summed E-state index contributed by atoms with van der Waals surface area (Å²) >= 11 is 11.9. The van der Waals surface area contributed by atoms with Gasteiger partial charge >= 0.3 is 0 Å². The number of aliphatic hydroxyl groups excluding tert-OH is 2. The van der Waals surface area contributed by atoms with Crippen LogP contribution in [0.1, 0.15) is 12.8 Å². The van der Waals surface area contributed by atoms with Crippen molar-refractivity contribution in [3.8, 4) is 11.5 Å². The van der Waals surface area contributed by atoms with Crippen molar-refractivity contribution in [3.05, 3.63) is 52.5 Å². The molecule has 2 atom stereocenters. The zero-order valence-corrected chi connectivity index (χ0v) is 21.9. The second-order valence-corrected chi connectivity index (χ2v) is 11.6. The first kappa shape index (κ1) is 28.0. The molecule has 194 valence electrons. The standard InChI is InChI=1S/C24H32Cl2N2O6S/c1-35(31,32)22-5-2-20(3-6-22)33-15-18(29)13-27-17-8-10-28(11-9-17)14-19(30)16-34-21-4-7-23(25)24(26)12-21/h2-7,12,17-19,27,29-30H,8-11,13-16H2,1H3/t18-,19+/m0/s1. The van der Waals surface area contributed by atoms with E-state index < -0.39 is 22.0 Å². The molecule has 8 nitrogen and oxygen atoms in total. The van der Waals surface area contributed by atoms with Crippen LogP contribution in [0.2, 0.25) is 10.0 Å². The van der Waals surface area contributed by atoms with Gasteiger partial charge < -0.3 is 29.9 Å². The van der Waals surface area contributed by atoms with Gasteiger partial charge in [0.1, 0.15) is 36.9 Å². The summed E-state index contributed by atoms with van der Waals surface area (Å²) in [5, 5.41) is 24.8. The second kappa shape index (κ2) is 13.1. The van der Waals surface area contributed by atoms with E-state index in [1.807, 2.05) is 0 Å². The summed E-state index contributed by atoms with van der Waals surface area (Å²) in [6, 6.07) is 11.4. The molecule has 0 aromatic heterocycles. The van der Waals surface area contributed by atoms with E-state index in [-0.39, 0.29) is 24.2 Å². The van der Waals surface area contributed by atoms with E-state index in [1.165, 1.54) is 12.1 Å². The predicted molar refractivity (Wildman–Crippen MR) is 136 cm³/mol. The fraction of sp³-hybridized carbons (Fsp3) is 0.500. The topological polar surface area (TPSA) is 108 Å². The maximum Gasteiger partial charge on any atom is 0.175 e. The first-order valence-electron chi connectivity index (χ1n) is 11.4. The molecule has 3 N–H and O–H groups in total. The van der Waals surface area contributed by atoms with Crippen LogP contribution in [0.5, 0.6) is 11.5 Å². The van der Waals surface area contributed by atoms with Gasteiger partial charge in [0, 0.05) is 31.5 Å². The third-order valence-corrected chi connectivity index (χ3v) is 7.59. The largest absolute Gasteiger partial charge is 0.491 e. The molecule has 11 heteroatoms. The number of nitrogens with zero attached hydrogens (tertiary/aromatic N) is 1. The Hall–Kier alpha value is -1.59. The highest BCUT2D eigenvalue weighted by atomic mass is 35.5. The van der Waals surface area contributed by atoms with Gasteiger partial charge in [-0.3, -0.25) is 0 Å². The summed E-state index contributed by atoms with van der Waals surface area (Å²) in [7, 11) is -3.25. The molecule has 3 rings (SSSR count). The van der Waals surface area contributed by atoms with Gasteiger partial charge in [-0.25, -0.2) is 8.42 Å². The Bertz CT molecular complexity index is 1050. The van der Waals surface area contributed by atoms with Crippen LogP contribution < -0.4 is 14.8 Å². The van der Waals surface area contributed by atoms with Crippen LogP contribution in [0.15, 0.2) is 47.4 Å². The molecule has 1 aliphatic heterocycles. The van der Waals surface area contributed by atoms with Gasteiger partial charge in [0.25, 0.3) is 0 Å². The fourth-order valence-corrected chi connectivity index (χ4v) is 4.69. The summed E-state index contributed by atoms with van der Waals surface area (Å²) < 4.78 is 34.2. The Morgan fingerprint density at radius 3 is 2.20 bits per heavy atom. The van der Waals surface area contributed by atoms with E-state index in [4.69, 9.17) is 32.7 Å². The molecule has 0 unspecified atom stereocenters. The number of piperidine rings is 1. The molecule has 0 bridgehead atoms. The molecule has 2 aromatic carbocycles. The van der Waals surface area contributed by atoms with Gasteiger partial charge in [0.05, 0.1) is 14.9 Å².